The predicted octanol–water partition coefficient (Wildman–Crippen LogP) is 2.47. The van der Waals surface area contributed by atoms with Crippen molar-refractivity contribution in [1.29, 1.82) is 0 Å². The molecular formula is C16H21NO4. The van der Waals surface area contributed by atoms with Crippen molar-refractivity contribution in [2.24, 2.45) is 0 Å². The fourth-order valence-electron chi connectivity index (χ4n) is 2.70. The summed E-state index contributed by atoms with van der Waals surface area (Å²) < 4.78 is 5.52. The maximum absolute atomic E-state index is 12.2. The molecule has 0 saturated carbocycles. The number of aryl methyl sites for hydroxylation is 1. The third-order valence-electron chi connectivity index (χ3n) is 3.91. The monoisotopic (exact) mass is 291 g/mol. The molecule has 0 aliphatic carbocycles. The SMILES string of the molecule is Cc1cccc(C(=O)O)c1OCC(=O)N1CCCCC1C. The van der Waals surface area contributed by atoms with E-state index in [1.54, 1.807) is 19.1 Å². The average molecular weight is 291 g/mol. The second-order valence-corrected chi connectivity index (χ2v) is 5.48. The van der Waals surface area contributed by atoms with Crippen LogP contribution in [0.3, 0.4) is 0 Å². The Kier molecular flexibility index (Phi) is 4.83. The van der Waals surface area contributed by atoms with E-state index in [0.717, 1.165) is 31.4 Å². The van der Waals surface area contributed by atoms with Crippen molar-refractivity contribution in [1.82, 2.24) is 4.90 Å². The lowest BCUT2D eigenvalue weighted by Gasteiger charge is -2.33. The molecule has 1 amide bonds. The van der Waals surface area contributed by atoms with E-state index < -0.39 is 5.97 Å². The van der Waals surface area contributed by atoms with Gasteiger partial charge in [0, 0.05) is 12.6 Å². The molecule has 1 heterocycles. The minimum absolute atomic E-state index is 0.0817. The maximum atomic E-state index is 12.2. The summed E-state index contributed by atoms with van der Waals surface area (Å²) in [7, 11) is 0. The number of nitrogens with zero attached hydrogens (tertiary/aromatic N) is 1. The summed E-state index contributed by atoms with van der Waals surface area (Å²) in [6.45, 7) is 4.45. The molecule has 1 saturated heterocycles. The van der Waals surface area contributed by atoms with Gasteiger partial charge in [0.1, 0.15) is 11.3 Å². The van der Waals surface area contributed by atoms with Gasteiger partial charge in [0.15, 0.2) is 6.61 Å². The molecule has 1 aliphatic heterocycles. The number of carboxylic acid groups (broad SMARTS) is 1. The molecule has 21 heavy (non-hydrogen) atoms. The third kappa shape index (κ3) is 3.54. The first-order valence-corrected chi connectivity index (χ1v) is 7.26. The zero-order chi connectivity index (χ0) is 15.4. The summed E-state index contributed by atoms with van der Waals surface area (Å²) in [6.07, 6.45) is 3.17. The number of likely N-dealkylation sites (tertiary alicyclic amines) is 1. The summed E-state index contributed by atoms with van der Waals surface area (Å²) in [5, 5.41) is 9.17. The Labute approximate surface area is 124 Å². The lowest BCUT2D eigenvalue weighted by Crippen LogP contribution is -2.44. The van der Waals surface area contributed by atoms with E-state index in [9.17, 15) is 14.7 Å². The quantitative estimate of drug-likeness (QED) is 0.925. The van der Waals surface area contributed by atoms with Crippen LogP contribution in [0.1, 0.15) is 42.1 Å². The van der Waals surface area contributed by atoms with Gasteiger partial charge in [-0.1, -0.05) is 12.1 Å². The van der Waals surface area contributed by atoms with E-state index in [1.807, 2.05) is 11.8 Å². The van der Waals surface area contributed by atoms with Gasteiger partial charge >= 0.3 is 5.97 Å². The maximum Gasteiger partial charge on any atom is 0.339 e. The molecule has 1 atom stereocenters. The first kappa shape index (κ1) is 15.4. The number of carbonyl (C=O) groups is 2. The molecule has 0 spiro atoms. The topological polar surface area (TPSA) is 66.8 Å². The summed E-state index contributed by atoms with van der Waals surface area (Å²) in [5.41, 5.74) is 0.809. The number of carbonyl (C=O) groups excluding carboxylic acids is 1. The highest BCUT2D eigenvalue weighted by Crippen LogP contribution is 2.24. The number of para-hydroxylation sites is 1. The number of piperidine rings is 1. The number of aromatic carboxylic acids is 1. The van der Waals surface area contributed by atoms with E-state index in [2.05, 4.69) is 0 Å². The van der Waals surface area contributed by atoms with Gasteiger partial charge in [0.05, 0.1) is 0 Å². The van der Waals surface area contributed by atoms with Crippen molar-refractivity contribution < 1.29 is 19.4 Å². The Hall–Kier alpha value is -2.04. The Bertz CT molecular complexity index is 541. The molecule has 114 valence electrons. The molecule has 1 aliphatic rings. The van der Waals surface area contributed by atoms with Gasteiger partial charge in [-0.2, -0.15) is 0 Å². The number of rotatable bonds is 4. The van der Waals surface area contributed by atoms with Gasteiger partial charge in [-0.25, -0.2) is 4.79 Å². The van der Waals surface area contributed by atoms with Crippen LogP contribution < -0.4 is 4.74 Å². The highest BCUT2D eigenvalue weighted by Gasteiger charge is 2.24. The molecule has 1 N–H and O–H groups in total. The Morgan fingerprint density at radius 2 is 2.14 bits per heavy atom. The molecule has 5 nitrogen and oxygen atoms in total. The van der Waals surface area contributed by atoms with Gasteiger partial charge in [-0.15, -0.1) is 0 Å². The standard InChI is InChI=1S/C16H21NO4/c1-11-6-5-8-13(16(19)20)15(11)21-10-14(18)17-9-4-3-7-12(17)2/h5-6,8,12H,3-4,7,9-10H2,1-2H3,(H,19,20). The number of benzene rings is 1. The smallest absolute Gasteiger partial charge is 0.339 e. The second kappa shape index (κ2) is 6.61. The second-order valence-electron chi connectivity index (χ2n) is 5.48. The van der Waals surface area contributed by atoms with Crippen LogP contribution in [-0.2, 0) is 4.79 Å². The van der Waals surface area contributed by atoms with Gasteiger partial charge in [-0.3, -0.25) is 4.79 Å². The van der Waals surface area contributed by atoms with Crippen LogP contribution >= 0.6 is 0 Å². The largest absolute Gasteiger partial charge is 0.483 e. The number of amides is 1. The van der Waals surface area contributed by atoms with Crippen LogP contribution in [0.4, 0.5) is 0 Å². The molecule has 0 radical (unpaired) electrons. The number of hydrogen-bond acceptors (Lipinski definition) is 3. The first-order chi connectivity index (χ1) is 10.0. The predicted molar refractivity (Wildman–Crippen MR) is 78.7 cm³/mol. The van der Waals surface area contributed by atoms with E-state index in [1.165, 1.54) is 6.07 Å². The van der Waals surface area contributed by atoms with Crippen LogP contribution in [-0.4, -0.2) is 41.1 Å². The molecule has 0 aromatic heterocycles. The molecule has 0 bridgehead atoms. The van der Waals surface area contributed by atoms with Crippen LogP contribution in [0.2, 0.25) is 0 Å². The molecular weight excluding hydrogens is 270 g/mol. The Balaban J connectivity index is 2.06. The first-order valence-electron chi connectivity index (χ1n) is 7.26. The van der Waals surface area contributed by atoms with Gasteiger partial charge in [0.2, 0.25) is 0 Å². The van der Waals surface area contributed by atoms with Crippen molar-refractivity contribution in [2.75, 3.05) is 13.2 Å². The van der Waals surface area contributed by atoms with Crippen molar-refractivity contribution in [2.45, 2.75) is 39.2 Å². The fraction of sp³-hybridized carbons (Fsp3) is 0.500. The lowest BCUT2D eigenvalue weighted by molar-refractivity contribution is -0.136. The number of ether oxygens (including phenoxy) is 1. The zero-order valence-electron chi connectivity index (χ0n) is 12.5. The van der Waals surface area contributed by atoms with Crippen molar-refractivity contribution in [3.05, 3.63) is 29.3 Å². The highest BCUT2D eigenvalue weighted by molar-refractivity contribution is 5.91. The highest BCUT2D eigenvalue weighted by atomic mass is 16.5. The normalized spacial score (nSPS) is 18.4. The summed E-state index contributed by atoms with van der Waals surface area (Å²) in [4.78, 5) is 25.2. The molecule has 5 heteroatoms. The molecule has 1 aromatic rings. The van der Waals surface area contributed by atoms with Gasteiger partial charge in [0.25, 0.3) is 5.91 Å². The third-order valence-corrected chi connectivity index (χ3v) is 3.91. The Morgan fingerprint density at radius 3 is 2.81 bits per heavy atom. The summed E-state index contributed by atoms with van der Waals surface area (Å²) >= 11 is 0. The van der Waals surface area contributed by atoms with Crippen LogP contribution in [0.25, 0.3) is 0 Å². The average Bonchev–Trinajstić information content (AvgIpc) is 2.45. The lowest BCUT2D eigenvalue weighted by atomic mass is 10.0. The van der Waals surface area contributed by atoms with Crippen LogP contribution in [0.15, 0.2) is 18.2 Å². The number of carboxylic acids is 1. The van der Waals surface area contributed by atoms with E-state index >= 15 is 0 Å². The van der Waals surface area contributed by atoms with E-state index in [-0.39, 0.29) is 29.9 Å². The fourth-order valence-corrected chi connectivity index (χ4v) is 2.70. The molecule has 1 unspecified atom stereocenters. The zero-order valence-corrected chi connectivity index (χ0v) is 12.5. The van der Waals surface area contributed by atoms with Gasteiger partial charge < -0.3 is 14.7 Å². The summed E-state index contributed by atoms with van der Waals surface area (Å²) in [5.74, 6) is -0.850. The molecule has 2 rings (SSSR count). The van der Waals surface area contributed by atoms with Crippen molar-refractivity contribution in [3.8, 4) is 5.75 Å². The summed E-state index contributed by atoms with van der Waals surface area (Å²) in [6, 6.07) is 5.15. The minimum atomic E-state index is -1.05. The Morgan fingerprint density at radius 1 is 1.38 bits per heavy atom. The van der Waals surface area contributed by atoms with Gasteiger partial charge in [-0.05, 0) is 44.7 Å². The van der Waals surface area contributed by atoms with Crippen LogP contribution in [0, 0.1) is 6.92 Å². The number of hydrogen-bond donors (Lipinski definition) is 1. The van der Waals surface area contributed by atoms with Crippen molar-refractivity contribution >= 4 is 11.9 Å². The molecule has 1 fully saturated rings. The van der Waals surface area contributed by atoms with E-state index in [4.69, 9.17) is 4.74 Å². The van der Waals surface area contributed by atoms with Crippen LogP contribution in [0.5, 0.6) is 5.75 Å². The van der Waals surface area contributed by atoms with E-state index in [0.29, 0.717) is 0 Å². The minimum Gasteiger partial charge on any atom is -0.483 e. The molecule has 1 aromatic carbocycles. The van der Waals surface area contributed by atoms with Crippen molar-refractivity contribution in [3.63, 3.8) is 0 Å².